The molecule has 0 bridgehead atoms. The van der Waals surface area contributed by atoms with E-state index in [0.29, 0.717) is 0 Å². The molecule has 1 saturated heterocycles. The Balaban J connectivity index is 1.43. The number of hydrogen-bond donors (Lipinski definition) is 0. The molecule has 0 atom stereocenters. The molecule has 5 heteroatoms. The van der Waals surface area contributed by atoms with E-state index in [1.165, 1.54) is 36.3 Å². The van der Waals surface area contributed by atoms with Crippen LogP contribution in [0.25, 0.3) is 63.9 Å². The minimum Gasteiger partial charge on any atom is -0.399 e. The molecule has 8 rings (SSSR count). The van der Waals surface area contributed by atoms with E-state index in [2.05, 4.69) is 125 Å². The lowest BCUT2D eigenvalue weighted by Gasteiger charge is -2.32. The summed E-state index contributed by atoms with van der Waals surface area (Å²) in [6, 6.07) is 34.7. The van der Waals surface area contributed by atoms with E-state index >= 15 is 0 Å². The summed E-state index contributed by atoms with van der Waals surface area (Å²) >= 11 is 1.87. The van der Waals surface area contributed by atoms with Crippen LogP contribution in [0.15, 0.2) is 97.1 Å². The van der Waals surface area contributed by atoms with Crippen molar-refractivity contribution in [3.63, 3.8) is 0 Å². The molecule has 40 heavy (non-hydrogen) atoms. The van der Waals surface area contributed by atoms with Gasteiger partial charge >= 0.3 is 7.12 Å². The van der Waals surface area contributed by atoms with Crippen molar-refractivity contribution in [2.75, 3.05) is 0 Å². The van der Waals surface area contributed by atoms with Gasteiger partial charge in [-0.25, -0.2) is 4.98 Å². The molecule has 5 aromatic carbocycles. The van der Waals surface area contributed by atoms with Crippen LogP contribution in [0.4, 0.5) is 0 Å². The second-order valence-corrected chi connectivity index (χ2v) is 12.8. The van der Waals surface area contributed by atoms with Crippen LogP contribution in [-0.4, -0.2) is 23.3 Å². The lowest BCUT2D eigenvalue weighted by molar-refractivity contribution is 0.00578. The van der Waals surface area contributed by atoms with Crippen LogP contribution >= 0.6 is 11.3 Å². The van der Waals surface area contributed by atoms with Crippen LogP contribution in [0.5, 0.6) is 0 Å². The zero-order chi connectivity index (χ0) is 27.2. The lowest BCUT2D eigenvalue weighted by atomic mass is 9.75. The van der Waals surface area contributed by atoms with Crippen LogP contribution in [-0.2, 0) is 9.31 Å². The standard InChI is InChI=1S/C35H28BNO2S/c1-34(2)35(3,4)39-36(38-34)28-20-19-24(21-11-5-6-12-22(21)28)32-27-18-17-25-23-13-8-10-16-30(23)40-33(25)31(27)26-14-7-9-15-29(26)37-32/h5-20H,1-4H3. The van der Waals surface area contributed by atoms with Gasteiger partial charge in [-0.1, -0.05) is 84.9 Å². The predicted molar refractivity (Wildman–Crippen MR) is 171 cm³/mol. The summed E-state index contributed by atoms with van der Waals surface area (Å²) in [6.07, 6.45) is 0. The Morgan fingerprint density at radius 1 is 0.600 bits per heavy atom. The molecular weight excluding hydrogens is 509 g/mol. The average molecular weight is 537 g/mol. The van der Waals surface area contributed by atoms with E-state index in [1.54, 1.807) is 0 Å². The largest absolute Gasteiger partial charge is 0.495 e. The molecule has 3 heterocycles. The summed E-state index contributed by atoms with van der Waals surface area (Å²) in [5, 5.41) is 8.53. The number of para-hydroxylation sites is 1. The molecule has 0 radical (unpaired) electrons. The fourth-order valence-electron chi connectivity index (χ4n) is 6.13. The minimum absolute atomic E-state index is 0.400. The van der Waals surface area contributed by atoms with Gasteiger partial charge in [-0.05, 0) is 56.1 Å². The fourth-order valence-corrected chi connectivity index (χ4v) is 7.39. The van der Waals surface area contributed by atoms with E-state index in [1.807, 2.05) is 11.3 Å². The summed E-state index contributed by atoms with van der Waals surface area (Å²) in [6.45, 7) is 8.40. The Kier molecular flexibility index (Phi) is 5.04. The van der Waals surface area contributed by atoms with Crippen molar-refractivity contribution in [3.8, 4) is 11.3 Å². The van der Waals surface area contributed by atoms with Gasteiger partial charge in [0.15, 0.2) is 0 Å². The van der Waals surface area contributed by atoms with Gasteiger partial charge < -0.3 is 9.31 Å². The minimum atomic E-state index is -0.427. The normalized spacial score (nSPS) is 16.6. The smallest absolute Gasteiger partial charge is 0.399 e. The van der Waals surface area contributed by atoms with Crippen LogP contribution in [0.1, 0.15) is 27.7 Å². The highest BCUT2D eigenvalue weighted by Gasteiger charge is 2.52. The van der Waals surface area contributed by atoms with Gasteiger partial charge in [-0.2, -0.15) is 0 Å². The van der Waals surface area contributed by atoms with E-state index in [-0.39, 0.29) is 0 Å². The van der Waals surface area contributed by atoms with Crippen LogP contribution in [0.2, 0.25) is 0 Å². The van der Waals surface area contributed by atoms with E-state index in [0.717, 1.165) is 33.0 Å². The fraction of sp³-hybridized carbons (Fsp3) is 0.171. The highest BCUT2D eigenvalue weighted by atomic mass is 32.1. The Bertz CT molecular complexity index is 2130. The number of fused-ring (bicyclic) bond motifs is 8. The molecule has 1 aliphatic rings. The maximum absolute atomic E-state index is 6.47. The number of nitrogens with zero attached hydrogens (tertiary/aromatic N) is 1. The zero-order valence-electron chi connectivity index (χ0n) is 23.0. The van der Waals surface area contributed by atoms with Crippen molar-refractivity contribution in [2.24, 2.45) is 0 Å². The van der Waals surface area contributed by atoms with Gasteiger partial charge in [0.05, 0.1) is 22.4 Å². The van der Waals surface area contributed by atoms with Gasteiger partial charge in [0.2, 0.25) is 0 Å². The van der Waals surface area contributed by atoms with E-state index in [9.17, 15) is 0 Å². The summed E-state index contributed by atoms with van der Waals surface area (Å²) < 4.78 is 15.6. The van der Waals surface area contributed by atoms with Crippen LogP contribution in [0.3, 0.4) is 0 Å². The van der Waals surface area contributed by atoms with Crippen molar-refractivity contribution in [2.45, 2.75) is 38.9 Å². The number of thiophene rings is 1. The first-order chi connectivity index (χ1) is 19.3. The van der Waals surface area contributed by atoms with E-state index in [4.69, 9.17) is 14.3 Å². The lowest BCUT2D eigenvalue weighted by Crippen LogP contribution is -2.41. The topological polar surface area (TPSA) is 31.4 Å². The Morgan fingerprint density at radius 3 is 2.00 bits per heavy atom. The maximum Gasteiger partial charge on any atom is 0.495 e. The molecule has 7 aromatic rings. The molecule has 194 valence electrons. The van der Waals surface area contributed by atoms with Crippen molar-refractivity contribution in [3.05, 3.63) is 97.1 Å². The first-order valence-corrected chi connectivity index (χ1v) is 14.6. The second kappa shape index (κ2) is 8.37. The maximum atomic E-state index is 6.47. The molecule has 1 fully saturated rings. The molecule has 0 N–H and O–H groups in total. The Morgan fingerprint density at radius 2 is 1.23 bits per heavy atom. The van der Waals surface area contributed by atoms with Gasteiger partial charge in [0.1, 0.15) is 0 Å². The molecule has 3 nitrogen and oxygen atoms in total. The Labute approximate surface area is 237 Å². The van der Waals surface area contributed by atoms with Crippen LogP contribution < -0.4 is 5.46 Å². The highest BCUT2D eigenvalue weighted by Crippen LogP contribution is 2.44. The number of pyridine rings is 1. The molecule has 0 saturated carbocycles. The molecule has 0 amide bonds. The summed E-state index contributed by atoms with van der Waals surface area (Å²) in [4.78, 5) is 5.30. The molecular formula is C35H28BNO2S. The summed E-state index contributed by atoms with van der Waals surface area (Å²) in [7, 11) is -0.427. The highest BCUT2D eigenvalue weighted by molar-refractivity contribution is 7.26. The third kappa shape index (κ3) is 3.35. The van der Waals surface area contributed by atoms with Gasteiger partial charge in [-0.3, -0.25) is 0 Å². The van der Waals surface area contributed by atoms with Crippen molar-refractivity contribution in [1.29, 1.82) is 0 Å². The first kappa shape index (κ1) is 24.1. The molecule has 0 unspecified atom stereocenters. The molecule has 0 spiro atoms. The van der Waals surface area contributed by atoms with Crippen molar-refractivity contribution < 1.29 is 9.31 Å². The SMILES string of the molecule is CC1(C)OB(c2ccc(-c3nc4ccccc4c4c3ccc3c5ccccc5sc34)c3ccccc23)OC1(C)C. The number of hydrogen-bond acceptors (Lipinski definition) is 4. The molecule has 1 aliphatic heterocycles. The number of rotatable bonds is 2. The molecule has 0 aliphatic carbocycles. The Hall–Kier alpha value is -3.77. The van der Waals surface area contributed by atoms with Gasteiger partial charge in [-0.15, -0.1) is 11.3 Å². The van der Waals surface area contributed by atoms with Crippen molar-refractivity contribution >= 4 is 76.5 Å². The third-order valence-corrected chi connectivity index (χ3v) is 10.1. The summed E-state index contributed by atoms with van der Waals surface area (Å²) in [5.41, 5.74) is 3.38. The third-order valence-electron chi connectivity index (χ3n) is 8.93. The van der Waals surface area contributed by atoms with Crippen molar-refractivity contribution in [1.82, 2.24) is 4.98 Å². The monoisotopic (exact) mass is 537 g/mol. The summed E-state index contributed by atoms with van der Waals surface area (Å²) in [5.74, 6) is 0. The predicted octanol–water partition coefficient (Wildman–Crippen LogP) is 8.88. The molecule has 2 aromatic heterocycles. The average Bonchev–Trinajstić information content (AvgIpc) is 3.44. The van der Waals surface area contributed by atoms with Crippen LogP contribution in [0, 0.1) is 0 Å². The number of benzene rings is 5. The quantitative estimate of drug-likeness (QED) is 0.163. The van der Waals surface area contributed by atoms with Gasteiger partial charge in [0, 0.05) is 41.9 Å². The zero-order valence-corrected chi connectivity index (χ0v) is 23.8. The first-order valence-electron chi connectivity index (χ1n) is 13.8. The second-order valence-electron chi connectivity index (χ2n) is 11.8. The number of aromatic nitrogens is 1. The van der Waals surface area contributed by atoms with Gasteiger partial charge in [0.25, 0.3) is 0 Å². The van der Waals surface area contributed by atoms with E-state index < -0.39 is 18.3 Å².